The minimum absolute atomic E-state index is 0.0695. The van der Waals surface area contributed by atoms with E-state index >= 15 is 0 Å². The van der Waals surface area contributed by atoms with E-state index in [1.54, 1.807) is 18.2 Å². The highest BCUT2D eigenvalue weighted by atomic mass is 19.1. The van der Waals surface area contributed by atoms with Crippen LogP contribution >= 0.6 is 0 Å². The van der Waals surface area contributed by atoms with Gasteiger partial charge in [0.05, 0.1) is 11.3 Å². The fourth-order valence-electron chi connectivity index (χ4n) is 2.21. The van der Waals surface area contributed by atoms with Crippen molar-refractivity contribution in [1.82, 2.24) is 10.2 Å². The third-order valence-electron chi connectivity index (χ3n) is 3.47. The quantitative estimate of drug-likeness (QED) is 0.406. The molecule has 136 valence electrons. The van der Waals surface area contributed by atoms with Gasteiger partial charge in [0.2, 0.25) is 5.89 Å². The van der Waals surface area contributed by atoms with Crippen molar-refractivity contribution >= 4 is 23.7 Å². The summed E-state index contributed by atoms with van der Waals surface area (Å²) in [7, 11) is 0. The third kappa shape index (κ3) is 5.05. The number of hydrogen-bond acceptors (Lipinski definition) is 6. The summed E-state index contributed by atoms with van der Waals surface area (Å²) < 4.78 is 18.2. The zero-order valence-corrected chi connectivity index (χ0v) is 13.8. The Kier molecular flexibility index (Phi) is 5.31. The van der Waals surface area contributed by atoms with Crippen LogP contribution in [0, 0.1) is 15.9 Å². The van der Waals surface area contributed by atoms with E-state index in [0.29, 0.717) is 12.0 Å². The molecule has 0 aliphatic carbocycles. The Bertz CT molecular complexity index is 999. The van der Waals surface area contributed by atoms with E-state index in [-0.39, 0.29) is 23.4 Å². The average molecular weight is 368 g/mol. The minimum Gasteiger partial charge on any atom is -0.407 e. The van der Waals surface area contributed by atoms with Crippen LogP contribution in [0.5, 0.6) is 0 Å². The van der Waals surface area contributed by atoms with Gasteiger partial charge in [-0.25, -0.2) is 4.39 Å². The lowest BCUT2D eigenvalue weighted by Gasteiger charge is -1.97. The summed E-state index contributed by atoms with van der Waals surface area (Å²) >= 11 is 0. The number of halogens is 1. The van der Waals surface area contributed by atoms with Gasteiger partial charge in [0, 0.05) is 18.2 Å². The maximum Gasteiger partial charge on any atom is 0.322 e. The van der Waals surface area contributed by atoms with E-state index in [1.807, 2.05) is 0 Å². The Morgan fingerprint density at radius 3 is 2.74 bits per heavy atom. The van der Waals surface area contributed by atoms with Crippen molar-refractivity contribution in [2.24, 2.45) is 0 Å². The van der Waals surface area contributed by atoms with Crippen LogP contribution in [0.4, 0.5) is 16.1 Å². The van der Waals surface area contributed by atoms with Gasteiger partial charge in [0.1, 0.15) is 5.82 Å². The first kappa shape index (κ1) is 17.9. The molecule has 1 aromatic heterocycles. The Labute approximate surface area is 152 Å². The van der Waals surface area contributed by atoms with Crippen molar-refractivity contribution in [2.75, 3.05) is 5.32 Å². The predicted octanol–water partition coefficient (Wildman–Crippen LogP) is 3.36. The molecule has 0 unspecified atom stereocenters. The number of carbonyl (C=O) groups excluding carboxylic acids is 1. The van der Waals surface area contributed by atoms with Crippen molar-refractivity contribution in [3.63, 3.8) is 0 Å². The van der Waals surface area contributed by atoms with Gasteiger partial charge < -0.3 is 4.42 Å². The number of carbonyl (C=O) groups is 1. The predicted molar refractivity (Wildman–Crippen MR) is 94.3 cm³/mol. The molecule has 3 aromatic rings. The summed E-state index contributed by atoms with van der Waals surface area (Å²) in [6.45, 7) is 0. The van der Waals surface area contributed by atoms with Gasteiger partial charge in [0.25, 0.3) is 11.6 Å². The first-order valence-electron chi connectivity index (χ1n) is 7.80. The molecule has 2 aromatic carbocycles. The first-order chi connectivity index (χ1) is 13.0. The highest BCUT2D eigenvalue weighted by molar-refractivity contribution is 6.00. The van der Waals surface area contributed by atoms with Crippen LogP contribution in [0.3, 0.4) is 0 Å². The van der Waals surface area contributed by atoms with E-state index in [4.69, 9.17) is 4.42 Å². The lowest BCUT2D eigenvalue weighted by atomic mass is 10.1. The van der Waals surface area contributed by atoms with E-state index in [1.165, 1.54) is 42.5 Å². The second kappa shape index (κ2) is 8.00. The Hall–Kier alpha value is -3.88. The zero-order valence-electron chi connectivity index (χ0n) is 13.8. The maximum absolute atomic E-state index is 12.9. The fourth-order valence-corrected chi connectivity index (χ4v) is 2.21. The molecule has 0 atom stereocenters. The summed E-state index contributed by atoms with van der Waals surface area (Å²) in [6, 6.07) is 11.6. The molecule has 1 heterocycles. The number of hydrogen-bond donors (Lipinski definition) is 1. The van der Waals surface area contributed by atoms with Crippen molar-refractivity contribution in [1.29, 1.82) is 0 Å². The van der Waals surface area contributed by atoms with Gasteiger partial charge in [-0.05, 0) is 29.3 Å². The topological polar surface area (TPSA) is 111 Å². The van der Waals surface area contributed by atoms with Crippen LogP contribution < -0.4 is 5.32 Å². The summed E-state index contributed by atoms with van der Waals surface area (Å²) in [4.78, 5) is 22.1. The molecular weight excluding hydrogens is 355 g/mol. The second-order valence-electron chi connectivity index (χ2n) is 5.48. The lowest BCUT2D eigenvalue weighted by molar-refractivity contribution is -0.384. The molecule has 8 nitrogen and oxygen atoms in total. The summed E-state index contributed by atoms with van der Waals surface area (Å²) in [5.74, 6) is -0.606. The van der Waals surface area contributed by atoms with E-state index < -0.39 is 10.8 Å². The molecule has 0 saturated carbocycles. The standard InChI is InChI=1S/C18H13FN4O4/c19-14-7-4-13(5-8-14)11-17-21-22-18(27-17)20-16(24)9-6-12-2-1-3-15(10-12)23(25)26/h1-10H,11H2,(H,20,22,24)/b9-6+. The SMILES string of the molecule is O=C(/C=C/c1cccc([N+](=O)[O-])c1)Nc1nnc(Cc2ccc(F)cc2)o1. The van der Waals surface area contributed by atoms with Gasteiger partial charge in [-0.3, -0.25) is 20.2 Å². The van der Waals surface area contributed by atoms with Gasteiger partial charge in [-0.2, -0.15) is 0 Å². The first-order valence-corrected chi connectivity index (χ1v) is 7.80. The van der Waals surface area contributed by atoms with Gasteiger partial charge in [0.15, 0.2) is 0 Å². The summed E-state index contributed by atoms with van der Waals surface area (Å²) in [5, 5.41) is 20.7. The highest BCUT2D eigenvalue weighted by Gasteiger charge is 2.09. The number of nitro benzene ring substituents is 1. The smallest absolute Gasteiger partial charge is 0.322 e. The number of anilines is 1. The van der Waals surface area contributed by atoms with Gasteiger partial charge >= 0.3 is 6.01 Å². The Balaban J connectivity index is 1.59. The number of rotatable bonds is 6. The average Bonchev–Trinajstić information content (AvgIpc) is 3.09. The van der Waals surface area contributed by atoms with E-state index in [9.17, 15) is 19.3 Å². The third-order valence-corrected chi connectivity index (χ3v) is 3.47. The molecule has 1 N–H and O–H groups in total. The number of nitrogens with zero attached hydrogens (tertiary/aromatic N) is 3. The maximum atomic E-state index is 12.9. The second-order valence-corrected chi connectivity index (χ2v) is 5.48. The summed E-state index contributed by atoms with van der Waals surface area (Å²) in [5.41, 5.74) is 1.21. The van der Waals surface area contributed by atoms with Crippen LogP contribution in [0.1, 0.15) is 17.0 Å². The molecule has 0 spiro atoms. The molecule has 0 fully saturated rings. The fraction of sp³-hybridized carbons (Fsp3) is 0.0556. The van der Waals surface area contributed by atoms with Crippen molar-refractivity contribution < 1.29 is 18.5 Å². The molecular formula is C18H13FN4O4. The lowest BCUT2D eigenvalue weighted by Crippen LogP contribution is -2.07. The van der Waals surface area contributed by atoms with Crippen LogP contribution in [0.2, 0.25) is 0 Å². The molecule has 1 amide bonds. The largest absolute Gasteiger partial charge is 0.407 e. The van der Waals surface area contributed by atoms with Crippen molar-refractivity contribution in [3.05, 3.63) is 87.6 Å². The molecule has 0 bridgehead atoms. The van der Waals surface area contributed by atoms with Crippen LogP contribution in [0.15, 0.2) is 59.0 Å². The van der Waals surface area contributed by atoms with Crippen LogP contribution in [-0.2, 0) is 11.2 Å². The normalized spacial score (nSPS) is 10.9. The molecule has 0 aliphatic heterocycles. The molecule has 3 rings (SSSR count). The Morgan fingerprint density at radius 1 is 1.22 bits per heavy atom. The number of benzene rings is 2. The number of aromatic nitrogens is 2. The number of nitrogens with one attached hydrogen (secondary N) is 1. The van der Waals surface area contributed by atoms with Gasteiger partial charge in [-0.1, -0.05) is 29.4 Å². The Morgan fingerprint density at radius 2 is 2.00 bits per heavy atom. The molecule has 0 saturated heterocycles. The van der Waals surface area contributed by atoms with Crippen LogP contribution in [-0.4, -0.2) is 21.0 Å². The zero-order chi connectivity index (χ0) is 19.2. The van der Waals surface area contributed by atoms with Crippen molar-refractivity contribution in [2.45, 2.75) is 6.42 Å². The number of amides is 1. The van der Waals surface area contributed by atoms with Gasteiger partial charge in [-0.15, -0.1) is 5.10 Å². The molecule has 27 heavy (non-hydrogen) atoms. The monoisotopic (exact) mass is 368 g/mol. The molecule has 0 radical (unpaired) electrons. The number of non-ortho nitro benzene ring substituents is 1. The van der Waals surface area contributed by atoms with E-state index in [0.717, 1.165) is 5.56 Å². The van der Waals surface area contributed by atoms with Crippen LogP contribution in [0.25, 0.3) is 6.08 Å². The molecule has 0 aliphatic rings. The summed E-state index contributed by atoms with van der Waals surface area (Å²) in [6.07, 6.45) is 2.92. The number of nitro groups is 1. The van der Waals surface area contributed by atoms with Crippen molar-refractivity contribution in [3.8, 4) is 0 Å². The highest BCUT2D eigenvalue weighted by Crippen LogP contribution is 2.15. The molecule has 9 heteroatoms. The van der Waals surface area contributed by atoms with E-state index in [2.05, 4.69) is 15.5 Å². The minimum atomic E-state index is -0.529.